The summed E-state index contributed by atoms with van der Waals surface area (Å²) in [7, 11) is 0. The second-order valence-electron chi connectivity index (χ2n) is 12.5. The van der Waals surface area contributed by atoms with E-state index in [9.17, 15) is 23.7 Å². The van der Waals surface area contributed by atoms with Gasteiger partial charge in [-0.2, -0.15) is 23.7 Å². The molecule has 1 aliphatic heterocycles. The quantitative estimate of drug-likeness (QED) is 0.199. The lowest BCUT2D eigenvalue weighted by Gasteiger charge is -2.39. The zero-order valence-corrected chi connectivity index (χ0v) is 25.7. The third-order valence-corrected chi connectivity index (χ3v) is 9.90. The van der Waals surface area contributed by atoms with Crippen molar-refractivity contribution in [3.8, 4) is 12.1 Å². The molecule has 14 heteroatoms. The van der Waals surface area contributed by atoms with E-state index in [1.165, 1.54) is 23.7 Å². The first-order valence-corrected chi connectivity index (χ1v) is 15.6. The fourth-order valence-electron chi connectivity index (χ4n) is 6.17. The van der Waals surface area contributed by atoms with E-state index >= 15 is 0 Å². The Kier molecular flexibility index (Phi) is 7.10. The van der Waals surface area contributed by atoms with Gasteiger partial charge in [0, 0.05) is 35.3 Å². The highest BCUT2D eigenvalue weighted by Crippen LogP contribution is 2.55. The maximum Gasteiger partial charge on any atom is 0.413 e. The highest BCUT2D eigenvalue weighted by Gasteiger charge is 2.66. The number of ether oxygens (including phenoxy) is 1. The fourth-order valence-corrected chi connectivity index (χ4v) is 7.01. The van der Waals surface area contributed by atoms with E-state index in [1.54, 1.807) is 17.6 Å². The normalized spacial score (nSPS) is 19.3. The van der Waals surface area contributed by atoms with Gasteiger partial charge in [0.15, 0.2) is 5.54 Å². The summed E-state index contributed by atoms with van der Waals surface area (Å²) >= 11 is 1.41. The van der Waals surface area contributed by atoms with E-state index in [-0.39, 0.29) is 35.6 Å². The van der Waals surface area contributed by atoms with Crippen molar-refractivity contribution in [1.82, 2.24) is 25.0 Å². The largest absolute Gasteiger partial charge is 0.413 e. The maximum atomic E-state index is 14.0. The van der Waals surface area contributed by atoms with Crippen LogP contribution in [-0.4, -0.2) is 50.4 Å². The number of anilines is 2. The van der Waals surface area contributed by atoms with Crippen LogP contribution in [0.4, 0.5) is 24.5 Å². The molecule has 2 unspecified atom stereocenters. The monoisotopic (exact) mass is 643 g/mol. The number of fused-ring (bicyclic) bond motifs is 2. The molecule has 234 valence electrons. The Labute approximate surface area is 265 Å². The van der Waals surface area contributed by atoms with Gasteiger partial charge < -0.3 is 15.4 Å². The average Bonchev–Trinajstić information content (AvgIpc) is 3.47. The van der Waals surface area contributed by atoms with Gasteiger partial charge in [0.25, 0.3) is 0 Å². The molecule has 5 aromatic rings. The molecular formula is C32H28F3N9OS. The molecule has 46 heavy (non-hydrogen) atoms. The molecule has 4 heterocycles. The van der Waals surface area contributed by atoms with Crippen LogP contribution in [0.5, 0.6) is 0 Å². The van der Waals surface area contributed by atoms with Crippen molar-refractivity contribution >= 4 is 43.8 Å². The minimum absolute atomic E-state index is 0.0174. The molecule has 2 N–H and O–H groups in total. The number of nitrogens with one attached hydrogen (secondary N) is 2. The number of nitrogens with zero attached hydrogens (tertiary/aromatic N) is 7. The molecule has 1 saturated heterocycles. The van der Waals surface area contributed by atoms with Gasteiger partial charge in [-0.15, -0.1) is 16.4 Å². The lowest BCUT2D eigenvalue weighted by molar-refractivity contribution is -0.182. The third-order valence-electron chi connectivity index (χ3n) is 9.00. The average molecular weight is 644 g/mol. The van der Waals surface area contributed by atoms with Gasteiger partial charge in [0.1, 0.15) is 17.8 Å². The second kappa shape index (κ2) is 10.9. The number of pyridine rings is 1. The molecule has 2 atom stereocenters. The molecule has 10 nitrogen and oxygen atoms in total. The van der Waals surface area contributed by atoms with Crippen molar-refractivity contribution < 1.29 is 17.9 Å². The summed E-state index contributed by atoms with van der Waals surface area (Å²) in [6, 6.07) is 12.7. The van der Waals surface area contributed by atoms with E-state index in [0.29, 0.717) is 41.1 Å². The van der Waals surface area contributed by atoms with Crippen LogP contribution in [0.3, 0.4) is 0 Å². The molecule has 1 aliphatic carbocycles. The van der Waals surface area contributed by atoms with Crippen molar-refractivity contribution in [3.05, 3.63) is 70.6 Å². The zero-order valence-electron chi connectivity index (χ0n) is 24.9. The summed E-state index contributed by atoms with van der Waals surface area (Å²) in [6.07, 6.45) is -1.06. The number of hydrogen-bond donors (Lipinski definition) is 2. The van der Waals surface area contributed by atoms with Crippen LogP contribution in [0.2, 0.25) is 0 Å². The van der Waals surface area contributed by atoms with Gasteiger partial charge in [-0.05, 0) is 43.0 Å². The first kappa shape index (κ1) is 29.9. The standard InChI is InChI=1S/C32H28F3N9OS/c1-30(2)16-45-9-6-25(30)41-27-19(13-37)14-38-26-18(12-36)10-20(11-22(26)27)40-28(21-4-3-5-23-29(21)46-17-39-23)24-15-44(43-42-24)31(7-8-31)32(33,34)35/h3-5,10-11,14-15,17,25,28,40H,6-9,16H2,1-2H3,(H,38,41). The number of nitriles is 2. The van der Waals surface area contributed by atoms with E-state index < -0.39 is 17.8 Å². The summed E-state index contributed by atoms with van der Waals surface area (Å²) in [5.41, 5.74) is 3.25. The van der Waals surface area contributed by atoms with Crippen LogP contribution in [0.1, 0.15) is 61.5 Å². The number of hydrogen-bond acceptors (Lipinski definition) is 10. The summed E-state index contributed by atoms with van der Waals surface area (Å²) in [4.78, 5) is 8.88. The SMILES string of the molecule is CC1(C)COCCC1Nc1c(C#N)cnc2c(C#N)cc(NC(c3cn(C4(C(F)(F)F)CC4)nn3)c3cccc4ncsc34)cc12. The summed E-state index contributed by atoms with van der Waals surface area (Å²) in [6.45, 7) is 5.31. The topological polar surface area (TPSA) is 137 Å². The molecule has 0 bridgehead atoms. The minimum atomic E-state index is -4.47. The molecule has 2 aromatic carbocycles. The Morgan fingerprint density at radius 3 is 2.65 bits per heavy atom. The molecule has 2 fully saturated rings. The number of halogens is 3. The highest BCUT2D eigenvalue weighted by molar-refractivity contribution is 7.17. The molecule has 3 aromatic heterocycles. The van der Waals surface area contributed by atoms with Gasteiger partial charge >= 0.3 is 6.18 Å². The Balaban J connectivity index is 1.36. The summed E-state index contributed by atoms with van der Waals surface area (Å²) < 4.78 is 49.4. The predicted molar refractivity (Wildman–Crippen MR) is 166 cm³/mol. The first-order valence-electron chi connectivity index (χ1n) is 14.7. The Bertz CT molecular complexity index is 2050. The third kappa shape index (κ3) is 4.98. The second-order valence-corrected chi connectivity index (χ2v) is 13.3. The lowest BCUT2D eigenvalue weighted by atomic mass is 9.81. The van der Waals surface area contributed by atoms with Crippen LogP contribution in [-0.2, 0) is 10.3 Å². The smallest absolute Gasteiger partial charge is 0.381 e. The molecule has 7 rings (SSSR count). The number of thiazole rings is 1. The molecule has 0 spiro atoms. The summed E-state index contributed by atoms with van der Waals surface area (Å²) in [5.74, 6) is 0. The molecule has 0 radical (unpaired) electrons. The van der Waals surface area contributed by atoms with Crippen LogP contribution < -0.4 is 10.6 Å². The number of alkyl halides is 3. The Hall–Kier alpha value is -4.79. The van der Waals surface area contributed by atoms with Crippen LogP contribution in [0.25, 0.3) is 21.1 Å². The van der Waals surface area contributed by atoms with Crippen molar-refractivity contribution in [1.29, 1.82) is 10.5 Å². The van der Waals surface area contributed by atoms with Gasteiger partial charge in [-0.1, -0.05) is 31.2 Å². The van der Waals surface area contributed by atoms with E-state index in [4.69, 9.17) is 4.74 Å². The van der Waals surface area contributed by atoms with E-state index in [0.717, 1.165) is 26.9 Å². The van der Waals surface area contributed by atoms with Crippen molar-refractivity contribution in [2.75, 3.05) is 23.8 Å². The number of aromatic nitrogens is 5. The number of benzene rings is 2. The van der Waals surface area contributed by atoms with E-state index in [2.05, 4.69) is 56.9 Å². The first-order chi connectivity index (χ1) is 22.0. The van der Waals surface area contributed by atoms with Gasteiger partial charge in [0.2, 0.25) is 0 Å². The fraction of sp³-hybridized carbons (Fsp3) is 0.375. The molecule has 1 saturated carbocycles. The lowest BCUT2D eigenvalue weighted by Crippen LogP contribution is -2.44. The van der Waals surface area contributed by atoms with E-state index in [1.807, 2.05) is 18.2 Å². The highest BCUT2D eigenvalue weighted by atomic mass is 32.1. The summed E-state index contributed by atoms with van der Waals surface area (Å²) in [5, 5.41) is 36.0. The van der Waals surface area contributed by atoms with Crippen molar-refractivity contribution in [2.24, 2.45) is 5.41 Å². The van der Waals surface area contributed by atoms with Crippen molar-refractivity contribution in [3.63, 3.8) is 0 Å². The Morgan fingerprint density at radius 1 is 1.13 bits per heavy atom. The molecule has 0 amide bonds. The Morgan fingerprint density at radius 2 is 1.93 bits per heavy atom. The molecular weight excluding hydrogens is 615 g/mol. The molecule has 2 aliphatic rings. The van der Waals surface area contributed by atoms with Crippen molar-refractivity contribution in [2.45, 2.75) is 56.9 Å². The van der Waals surface area contributed by atoms with Crippen LogP contribution in [0, 0.1) is 28.1 Å². The maximum absolute atomic E-state index is 14.0. The zero-order chi connectivity index (χ0) is 32.3. The predicted octanol–water partition coefficient (Wildman–Crippen LogP) is 6.66. The van der Waals surface area contributed by atoms with Crippen LogP contribution >= 0.6 is 11.3 Å². The number of rotatable bonds is 7. The van der Waals surface area contributed by atoms with Crippen LogP contribution in [0.15, 0.2) is 48.2 Å². The van der Waals surface area contributed by atoms with Gasteiger partial charge in [-0.25, -0.2) is 9.67 Å². The van der Waals surface area contributed by atoms with Gasteiger partial charge in [0.05, 0.1) is 56.9 Å². The van der Waals surface area contributed by atoms with Gasteiger partial charge in [-0.3, -0.25) is 4.98 Å². The minimum Gasteiger partial charge on any atom is -0.381 e.